The largest absolute Gasteiger partial charge is 0.506 e. The zero-order valence-electron chi connectivity index (χ0n) is 14.9. The van der Waals surface area contributed by atoms with Crippen molar-refractivity contribution in [2.75, 3.05) is 11.4 Å². The molecule has 0 aliphatic carbocycles. The zero-order valence-corrected chi connectivity index (χ0v) is 15.8. The lowest BCUT2D eigenvalue weighted by atomic mass is 10.1. The molecule has 0 saturated carbocycles. The van der Waals surface area contributed by atoms with Crippen molar-refractivity contribution in [1.82, 2.24) is 14.1 Å². The number of aromatic nitrogens is 3. The van der Waals surface area contributed by atoms with Crippen molar-refractivity contribution in [3.05, 3.63) is 48.0 Å². The molecule has 4 rings (SSSR count). The molecule has 0 spiro atoms. The van der Waals surface area contributed by atoms with E-state index in [9.17, 15) is 9.90 Å². The maximum atomic E-state index is 12.4. The molecule has 0 aliphatic heterocycles. The van der Waals surface area contributed by atoms with E-state index in [1.807, 2.05) is 52.2 Å². The number of thiol groups is 1. The Morgan fingerprint density at radius 3 is 2.58 bits per heavy atom. The molecule has 2 heterocycles. The van der Waals surface area contributed by atoms with Crippen LogP contribution in [0, 0.1) is 6.92 Å². The minimum absolute atomic E-state index is 0.116. The molecule has 0 atom stereocenters. The van der Waals surface area contributed by atoms with Crippen molar-refractivity contribution in [3.63, 3.8) is 0 Å². The predicted octanol–water partition coefficient (Wildman–Crippen LogP) is 3.65. The third kappa shape index (κ3) is 2.24. The van der Waals surface area contributed by atoms with Gasteiger partial charge >= 0.3 is 0 Å². The minimum Gasteiger partial charge on any atom is -0.506 e. The molecule has 0 radical (unpaired) electrons. The summed E-state index contributed by atoms with van der Waals surface area (Å²) in [6, 6.07) is 9.45. The van der Waals surface area contributed by atoms with Crippen LogP contribution in [0.3, 0.4) is 0 Å². The van der Waals surface area contributed by atoms with Gasteiger partial charge in [-0.2, -0.15) is 0 Å². The van der Waals surface area contributed by atoms with Crippen molar-refractivity contribution >= 4 is 35.3 Å². The van der Waals surface area contributed by atoms with Crippen molar-refractivity contribution in [2.24, 2.45) is 0 Å². The van der Waals surface area contributed by atoms with E-state index in [4.69, 9.17) is 0 Å². The summed E-state index contributed by atoms with van der Waals surface area (Å²) in [5, 5.41) is 10.6. The number of nitrogens with zero attached hydrogens (tertiary/aromatic N) is 4. The first-order valence-corrected chi connectivity index (χ1v) is 8.84. The number of benzene rings is 2. The van der Waals surface area contributed by atoms with Gasteiger partial charge < -0.3 is 10.0 Å². The number of hydrogen-bond donors (Lipinski definition) is 2. The molecule has 6 nitrogen and oxygen atoms in total. The topological polar surface area (TPSA) is 54.3 Å². The van der Waals surface area contributed by atoms with E-state index in [0.29, 0.717) is 23.5 Å². The molecule has 1 amide bonds. The van der Waals surface area contributed by atoms with Gasteiger partial charge in [0, 0.05) is 23.1 Å². The standard InChI is InChI=1S/C19H20N4O2S/c1-5-20(19(25)11(2)3)15-10-18(24)17(8-12(15)4)23-21-14-7-6-13(26)9-16(14)22(21)23/h6-10,24,26H,2,5H2,1,3-4H3. The Balaban J connectivity index is 1.79. The lowest BCUT2D eigenvalue weighted by Crippen LogP contribution is -2.31. The average molecular weight is 368 g/mol. The minimum atomic E-state index is -0.143. The second-order valence-corrected chi connectivity index (χ2v) is 7.01. The molecule has 26 heavy (non-hydrogen) atoms. The third-order valence-electron chi connectivity index (χ3n) is 4.62. The van der Waals surface area contributed by atoms with E-state index in [1.54, 1.807) is 17.9 Å². The van der Waals surface area contributed by atoms with E-state index in [0.717, 1.165) is 21.5 Å². The predicted molar refractivity (Wildman–Crippen MR) is 105 cm³/mol. The number of likely N-dealkylation sites (N-methyl/N-ethyl adjacent to an activating group) is 1. The van der Waals surface area contributed by atoms with E-state index < -0.39 is 0 Å². The Kier molecular flexibility index (Phi) is 3.59. The normalized spacial score (nSPS) is 11.7. The lowest BCUT2D eigenvalue weighted by Gasteiger charge is -2.23. The number of carbonyl (C=O) groups is 1. The SMILES string of the molecule is C=C(C)C(=O)N(CC)c1cc(O)c(-n2n3c4ccc(S)cc4n23)cc1C. The maximum absolute atomic E-state index is 12.4. The summed E-state index contributed by atoms with van der Waals surface area (Å²) in [4.78, 5) is 16.8. The fourth-order valence-corrected chi connectivity index (χ4v) is 3.51. The van der Waals surface area contributed by atoms with Crippen LogP contribution in [-0.2, 0) is 4.79 Å². The quantitative estimate of drug-likeness (QED) is 0.427. The number of amides is 1. The van der Waals surface area contributed by atoms with Gasteiger partial charge in [-0.1, -0.05) is 6.58 Å². The van der Waals surface area contributed by atoms with Gasteiger partial charge in [-0.15, -0.1) is 26.7 Å². The number of rotatable bonds is 4. The number of phenolic OH excluding ortho intramolecular Hbond substituents is 1. The first-order chi connectivity index (χ1) is 12.3. The molecule has 2 aromatic carbocycles. The Morgan fingerprint density at radius 1 is 1.23 bits per heavy atom. The van der Waals surface area contributed by atoms with E-state index in [1.165, 1.54) is 0 Å². The maximum Gasteiger partial charge on any atom is 0.253 e. The first-order valence-electron chi connectivity index (χ1n) is 8.39. The van der Waals surface area contributed by atoms with Gasteiger partial charge in [0.05, 0.1) is 5.69 Å². The first kappa shape index (κ1) is 16.7. The highest BCUT2D eigenvalue weighted by Gasteiger charge is 2.27. The van der Waals surface area contributed by atoms with Crippen LogP contribution in [0.5, 0.6) is 5.75 Å². The van der Waals surface area contributed by atoms with E-state index >= 15 is 0 Å². The molecule has 134 valence electrons. The lowest BCUT2D eigenvalue weighted by molar-refractivity contribution is -0.115. The number of phenols is 1. The van der Waals surface area contributed by atoms with Gasteiger partial charge in [0.2, 0.25) is 0 Å². The summed E-state index contributed by atoms with van der Waals surface area (Å²) in [6.07, 6.45) is 0. The number of aromatic hydroxyl groups is 1. The number of fused-ring (bicyclic) bond motifs is 4. The summed E-state index contributed by atoms with van der Waals surface area (Å²) in [5.41, 5.74) is 4.84. The van der Waals surface area contributed by atoms with Crippen molar-refractivity contribution < 1.29 is 9.90 Å². The van der Waals surface area contributed by atoms with Crippen LogP contribution in [0.15, 0.2) is 47.4 Å². The van der Waals surface area contributed by atoms with Crippen LogP contribution in [0.1, 0.15) is 19.4 Å². The van der Waals surface area contributed by atoms with E-state index in [-0.39, 0.29) is 11.7 Å². The zero-order chi connectivity index (χ0) is 18.7. The number of carbonyl (C=O) groups excluding carboxylic acids is 1. The highest BCUT2D eigenvalue weighted by atomic mass is 32.1. The molecule has 0 unspecified atom stereocenters. The van der Waals surface area contributed by atoms with Gasteiger partial charge in [-0.05, 0) is 50.6 Å². The number of anilines is 1. The summed E-state index contributed by atoms with van der Waals surface area (Å²) in [5.74, 6) is -0.0271. The van der Waals surface area contributed by atoms with Gasteiger partial charge in [-0.25, -0.2) is 0 Å². The fourth-order valence-electron chi connectivity index (χ4n) is 3.31. The smallest absolute Gasteiger partial charge is 0.253 e. The van der Waals surface area contributed by atoms with Crippen LogP contribution >= 0.6 is 12.6 Å². The molecule has 0 bridgehead atoms. The molecule has 2 aromatic heterocycles. The molecule has 4 aromatic rings. The Labute approximate surface area is 156 Å². The Morgan fingerprint density at radius 2 is 1.92 bits per heavy atom. The Bertz CT molecular complexity index is 1160. The third-order valence-corrected chi connectivity index (χ3v) is 4.90. The van der Waals surface area contributed by atoms with Crippen LogP contribution in [0.2, 0.25) is 0 Å². The number of aryl methyl sites for hydroxylation is 1. The van der Waals surface area contributed by atoms with Gasteiger partial charge in [0.1, 0.15) is 22.5 Å². The summed E-state index contributed by atoms with van der Waals surface area (Å²) >= 11 is 4.37. The molecular formula is C19H20N4O2S. The summed E-state index contributed by atoms with van der Waals surface area (Å²) in [7, 11) is 0. The van der Waals surface area contributed by atoms with Crippen LogP contribution < -0.4 is 4.90 Å². The van der Waals surface area contributed by atoms with Crippen molar-refractivity contribution in [1.29, 1.82) is 0 Å². The monoisotopic (exact) mass is 368 g/mol. The van der Waals surface area contributed by atoms with Gasteiger partial charge in [-0.3, -0.25) is 4.79 Å². The average Bonchev–Trinajstić information content (AvgIpc) is 3.25. The van der Waals surface area contributed by atoms with Crippen molar-refractivity contribution in [3.8, 4) is 11.4 Å². The second-order valence-electron chi connectivity index (χ2n) is 6.50. The molecule has 0 saturated heterocycles. The van der Waals surface area contributed by atoms with Crippen LogP contribution in [-0.4, -0.2) is 31.6 Å². The van der Waals surface area contributed by atoms with Crippen molar-refractivity contribution in [2.45, 2.75) is 25.7 Å². The number of hydrogen-bond acceptors (Lipinski definition) is 3. The highest BCUT2D eigenvalue weighted by Crippen LogP contribution is 2.35. The highest BCUT2D eigenvalue weighted by molar-refractivity contribution is 7.80. The van der Waals surface area contributed by atoms with Gasteiger partial charge in [0.25, 0.3) is 5.91 Å². The van der Waals surface area contributed by atoms with E-state index in [2.05, 4.69) is 19.2 Å². The summed E-state index contributed by atoms with van der Waals surface area (Å²) < 4.78 is 3.92. The molecule has 1 N–H and O–H groups in total. The second kappa shape index (κ2) is 5.60. The van der Waals surface area contributed by atoms with Crippen LogP contribution in [0.4, 0.5) is 5.69 Å². The van der Waals surface area contributed by atoms with Crippen LogP contribution in [0.25, 0.3) is 16.7 Å². The summed E-state index contributed by atoms with van der Waals surface area (Å²) in [6.45, 7) is 9.76. The van der Waals surface area contributed by atoms with Gasteiger partial charge in [0.15, 0.2) is 0 Å². The fraction of sp³-hybridized carbons (Fsp3) is 0.211. The molecule has 7 heteroatoms. The molecule has 0 aliphatic rings. The molecule has 0 fully saturated rings. The molecular weight excluding hydrogens is 348 g/mol. The Hall–Kier alpha value is -2.80.